The van der Waals surface area contributed by atoms with Crippen LogP contribution in [-0.4, -0.2) is 10.2 Å². The van der Waals surface area contributed by atoms with Crippen molar-refractivity contribution in [2.75, 3.05) is 0 Å². The molecule has 3 nitrogen and oxygen atoms in total. The van der Waals surface area contributed by atoms with Crippen molar-refractivity contribution in [1.29, 1.82) is 0 Å². The van der Waals surface area contributed by atoms with Gasteiger partial charge in [-0.15, -0.1) is 10.2 Å². The highest BCUT2D eigenvalue weighted by atomic mass is 32.2. The summed E-state index contributed by atoms with van der Waals surface area (Å²) in [5, 5.41) is 8.98. The first-order valence-electron chi connectivity index (χ1n) is 9.29. The van der Waals surface area contributed by atoms with Gasteiger partial charge in [-0.3, -0.25) is 0 Å². The number of hydrogen-bond acceptors (Lipinski definition) is 4. The zero-order valence-corrected chi connectivity index (χ0v) is 17.9. The topological polar surface area (TPSA) is 38.9 Å². The zero-order valence-electron chi connectivity index (χ0n) is 17.0. The van der Waals surface area contributed by atoms with Gasteiger partial charge in [0.2, 0.25) is 5.89 Å². The molecule has 0 unspecified atom stereocenters. The molecule has 142 valence electrons. The molecular formula is C23H28N2OS. The van der Waals surface area contributed by atoms with Crippen molar-refractivity contribution in [3.05, 3.63) is 65.2 Å². The van der Waals surface area contributed by atoms with E-state index in [1.54, 1.807) is 11.8 Å². The van der Waals surface area contributed by atoms with Crippen molar-refractivity contribution < 1.29 is 4.42 Å². The Bertz CT molecular complexity index is 882. The molecule has 0 spiro atoms. The molecule has 0 fully saturated rings. The van der Waals surface area contributed by atoms with E-state index in [1.807, 2.05) is 12.1 Å². The maximum absolute atomic E-state index is 5.84. The van der Waals surface area contributed by atoms with Gasteiger partial charge in [0.1, 0.15) is 0 Å². The van der Waals surface area contributed by atoms with Crippen molar-refractivity contribution in [3.8, 4) is 11.5 Å². The average molecular weight is 381 g/mol. The smallest absolute Gasteiger partial charge is 0.277 e. The highest BCUT2D eigenvalue weighted by Gasteiger charge is 2.15. The van der Waals surface area contributed by atoms with Gasteiger partial charge in [0, 0.05) is 11.3 Å². The van der Waals surface area contributed by atoms with E-state index in [1.165, 1.54) is 16.7 Å². The van der Waals surface area contributed by atoms with E-state index in [0.29, 0.717) is 11.1 Å². The highest BCUT2D eigenvalue weighted by molar-refractivity contribution is 7.98. The summed E-state index contributed by atoms with van der Waals surface area (Å²) >= 11 is 1.57. The number of aromatic nitrogens is 2. The van der Waals surface area contributed by atoms with Crippen molar-refractivity contribution >= 4 is 11.8 Å². The Morgan fingerprint density at radius 2 is 1.26 bits per heavy atom. The number of nitrogens with zero attached hydrogens (tertiary/aromatic N) is 2. The van der Waals surface area contributed by atoms with Crippen molar-refractivity contribution in [2.45, 2.75) is 63.3 Å². The van der Waals surface area contributed by atoms with Crippen LogP contribution in [0.4, 0.5) is 0 Å². The summed E-state index contributed by atoms with van der Waals surface area (Å²) in [4.78, 5) is 0. The Morgan fingerprint density at radius 1 is 0.741 bits per heavy atom. The number of rotatable bonds is 4. The molecule has 27 heavy (non-hydrogen) atoms. The van der Waals surface area contributed by atoms with Gasteiger partial charge in [0.05, 0.1) is 0 Å². The molecule has 2 aromatic carbocycles. The van der Waals surface area contributed by atoms with Crippen LogP contribution < -0.4 is 0 Å². The third-order valence-corrected chi connectivity index (χ3v) is 5.48. The van der Waals surface area contributed by atoms with E-state index in [2.05, 4.69) is 88.1 Å². The third-order valence-electron chi connectivity index (χ3n) is 4.59. The Balaban J connectivity index is 1.64. The van der Waals surface area contributed by atoms with E-state index >= 15 is 0 Å². The Hall–Kier alpha value is -2.07. The van der Waals surface area contributed by atoms with Gasteiger partial charge in [-0.2, -0.15) is 0 Å². The van der Waals surface area contributed by atoms with Crippen molar-refractivity contribution in [2.24, 2.45) is 0 Å². The normalized spacial score (nSPS) is 12.4. The van der Waals surface area contributed by atoms with Crippen LogP contribution in [-0.2, 0) is 16.6 Å². The predicted octanol–water partition coefficient (Wildman–Crippen LogP) is 6.62. The monoisotopic (exact) mass is 380 g/mol. The summed E-state index contributed by atoms with van der Waals surface area (Å²) in [6.45, 7) is 13.3. The maximum atomic E-state index is 5.84. The molecule has 0 aliphatic heterocycles. The number of thioether (sulfide) groups is 1. The summed E-state index contributed by atoms with van der Waals surface area (Å²) in [5.41, 5.74) is 5.15. The molecule has 0 radical (unpaired) electrons. The quantitative estimate of drug-likeness (QED) is 0.477. The summed E-state index contributed by atoms with van der Waals surface area (Å²) in [7, 11) is 0. The average Bonchev–Trinajstić information content (AvgIpc) is 3.08. The second kappa shape index (κ2) is 7.51. The molecule has 1 heterocycles. The van der Waals surface area contributed by atoms with Crippen LogP contribution in [0.3, 0.4) is 0 Å². The van der Waals surface area contributed by atoms with Gasteiger partial charge in [0.25, 0.3) is 5.22 Å². The summed E-state index contributed by atoms with van der Waals surface area (Å²) in [6, 6.07) is 17.1. The van der Waals surface area contributed by atoms with Crippen LogP contribution in [0, 0.1) is 0 Å². The molecule has 0 atom stereocenters. The first kappa shape index (κ1) is 19.7. The minimum atomic E-state index is 0.136. The van der Waals surface area contributed by atoms with Crippen LogP contribution in [0.2, 0.25) is 0 Å². The Labute approximate surface area is 166 Å². The van der Waals surface area contributed by atoms with Gasteiger partial charge < -0.3 is 4.42 Å². The van der Waals surface area contributed by atoms with E-state index in [0.717, 1.165) is 11.3 Å². The van der Waals surface area contributed by atoms with E-state index in [9.17, 15) is 0 Å². The summed E-state index contributed by atoms with van der Waals surface area (Å²) in [5.74, 6) is 1.38. The molecule has 3 rings (SSSR count). The minimum Gasteiger partial charge on any atom is -0.411 e. The second-order valence-corrected chi connectivity index (χ2v) is 9.86. The van der Waals surface area contributed by atoms with Crippen LogP contribution in [0.1, 0.15) is 58.2 Å². The molecule has 0 aliphatic rings. The summed E-state index contributed by atoms with van der Waals surface area (Å²) in [6.07, 6.45) is 0. The second-order valence-electron chi connectivity index (χ2n) is 8.94. The van der Waals surface area contributed by atoms with Gasteiger partial charge in [0.15, 0.2) is 0 Å². The predicted molar refractivity (Wildman–Crippen MR) is 113 cm³/mol. The fourth-order valence-corrected chi connectivity index (χ4v) is 3.46. The Morgan fingerprint density at radius 3 is 1.78 bits per heavy atom. The summed E-state index contributed by atoms with van der Waals surface area (Å²) < 4.78 is 5.84. The van der Waals surface area contributed by atoms with Crippen LogP contribution in [0.15, 0.2) is 58.2 Å². The molecule has 3 aromatic rings. The van der Waals surface area contributed by atoms with Gasteiger partial charge in [-0.1, -0.05) is 89.7 Å². The SMILES string of the molecule is CC(C)(C)c1ccc(CSc2nnc(-c3ccc(C(C)(C)C)cc3)o2)cc1. The Kier molecular flexibility index (Phi) is 5.48. The lowest BCUT2D eigenvalue weighted by molar-refractivity contribution is 0.465. The third kappa shape index (κ3) is 5.01. The largest absolute Gasteiger partial charge is 0.411 e. The molecule has 0 N–H and O–H groups in total. The molecule has 1 aromatic heterocycles. The lowest BCUT2D eigenvalue weighted by Crippen LogP contribution is -2.10. The van der Waals surface area contributed by atoms with Gasteiger partial charge in [-0.05, 0) is 39.7 Å². The zero-order chi connectivity index (χ0) is 19.7. The van der Waals surface area contributed by atoms with Gasteiger partial charge in [-0.25, -0.2) is 0 Å². The fraction of sp³-hybridized carbons (Fsp3) is 0.391. The molecule has 0 saturated carbocycles. The molecule has 0 amide bonds. The molecule has 0 bridgehead atoms. The first-order valence-corrected chi connectivity index (χ1v) is 10.3. The molecule has 0 saturated heterocycles. The van der Waals surface area contributed by atoms with Gasteiger partial charge >= 0.3 is 0 Å². The lowest BCUT2D eigenvalue weighted by Gasteiger charge is -2.19. The van der Waals surface area contributed by atoms with Crippen LogP contribution in [0.5, 0.6) is 0 Å². The highest BCUT2D eigenvalue weighted by Crippen LogP contribution is 2.29. The molecule has 4 heteroatoms. The standard InChI is InChI=1S/C23H28N2OS/c1-22(2,3)18-11-7-16(8-12-18)15-27-21-25-24-20(26-21)17-9-13-19(14-10-17)23(4,5)6/h7-14H,15H2,1-6H3. The lowest BCUT2D eigenvalue weighted by atomic mass is 9.87. The van der Waals surface area contributed by atoms with Crippen LogP contribution in [0.25, 0.3) is 11.5 Å². The fourth-order valence-electron chi connectivity index (χ4n) is 2.74. The molecule has 0 aliphatic carbocycles. The van der Waals surface area contributed by atoms with E-state index < -0.39 is 0 Å². The maximum Gasteiger partial charge on any atom is 0.277 e. The van der Waals surface area contributed by atoms with Crippen LogP contribution >= 0.6 is 11.8 Å². The van der Waals surface area contributed by atoms with Crippen molar-refractivity contribution in [3.63, 3.8) is 0 Å². The van der Waals surface area contributed by atoms with Crippen molar-refractivity contribution in [1.82, 2.24) is 10.2 Å². The molecular weight excluding hydrogens is 352 g/mol. The van der Waals surface area contributed by atoms with E-state index in [4.69, 9.17) is 4.42 Å². The van der Waals surface area contributed by atoms with E-state index in [-0.39, 0.29) is 10.8 Å². The number of benzene rings is 2. The minimum absolute atomic E-state index is 0.136. The number of hydrogen-bond donors (Lipinski definition) is 0. The first-order chi connectivity index (χ1) is 12.6.